The first-order valence-electron chi connectivity index (χ1n) is 8.51. The summed E-state index contributed by atoms with van der Waals surface area (Å²) in [5.74, 6) is -0.176. The maximum Gasteiger partial charge on any atom is 0.249 e. The maximum absolute atomic E-state index is 12.4. The van der Waals surface area contributed by atoms with E-state index in [1.807, 2.05) is 30.3 Å². The number of anilines is 1. The van der Waals surface area contributed by atoms with Gasteiger partial charge >= 0.3 is 0 Å². The smallest absolute Gasteiger partial charge is 0.249 e. The summed E-state index contributed by atoms with van der Waals surface area (Å²) in [6.45, 7) is 0.0718. The van der Waals surface area contributed by atoms with E-state index in [2.05, 4.69) is 4.72 Å². The summed E-state index contributed by atoms with van der Waals surface area (Å²) >= 11 is 0. The third-order valence-electron chi connectivity index (χ3n) is 4.38. The molecule has 2 aromatic carbocycles. The summed E-state index contributed by atoms with van der Waals surface area (Å²) in [7, 11) is -3.36. The van der Waals surface area contributed by atoms with E-state index < -0.39 is 22.2 Å². The third-order valence-corrected chi connectivity index (χ3v) is 4.99. The summed E-state index contributed by atoms with van der Waals surface area (Å²) in [6, 6.07) is 15.8. The molecule has 27 heavy (non-hydrogen) atoms. The zero-order chi connectivity index (χ0) is 19.4. The van der Waals surface area contributed by atoms with Gasteiger partial charge in [-0.1, -0.05) is 42.5 Å². The van der Waals surface area contributed by atoms with Gasteiger partial charge in [0.05, 0.1) is 18.9 Å². The number of sulfonamides is 1. The molecule has 2 atom stereocenters. The Morgan fingerprint density at radius 1 is 1.15 bits per heavy atom. The number of rotatable bonds is 6. The second kappa shape index (κ2) is 8.08. The summed E-state index contributed by atoms with van der Waals surface area (Å²) in [6.07, 6.45) is 0.587. The molecule has 0 spiro atoms. The van der Waals surface area contributed by atoms with Crippen molar-refractivity contribution in [2.24, 2.45) is 0 Å². The summed E-state index contributed by atoms with van der Waals surface area (Å²) < 4.78 is 30.8. The molecule has 1 amide bonds. The molecule has 8 heteroatoms. The number of hydrogen-bond donors (Lipinski definition) is 2. The molecule has 1 saturated heterocycles. The number of aliphatic hydroxyl groups excluding tert-OH is 1. The van der Waals surface area contributed by atoms with Crippen LogP contribution in [0.4, 0.5) is 5.69 Å². The Bertz CT molecular complexity index is 884. The molecule has 3 rings (SSSR count). The van der Waals surface area contributed by atoms with Gasteiger partial charge < -0.3 is 14.7 Å². The molecule has 7 nitrogen and oxygen atoms in total. The Balaban J connectivity index is 1.81. The molecule has 2 aromatic rings. The molecule has 0 bridgehead atoms. The fraction of sp³-hybridized carbons (Fsp3) is 0.316. The van der Waals surface area contributed by atoms with Crippen LogP contribution in [0.5, 0.6) is 0 Å². The van der Waals surface area contributed by atoms with Crippen molar-refractivity contribution in [3.63, 3.8) is 0 Å². The lowest BCUT2D eigenvalue weighted by Crippen LogP contribution is -2.52. The predicted molar refractivity (Wildman–Crippen MR) is 101 cm³/mol. The topological polar surface area (TPSA) is 95.9 Å². The van der Waals surface area contributed by atoms with E-state index in [-0.39, 0.29) is 19.1 Å². The van der Waals surface area contributed by atoms with Crippen molar-refractivity contribution >= 4 is 21.6 Å². The number of carbonyl (C=O) groups is 1. The number of ether oxygens (including phenoxy) is 1. The van der Waals surface area contributed by atoms with Crippen LogP contribution in [-0.4, -0.2) is 49.8 Å². The number of nitrogens with one attached hydrogen (secondary N) is 1. The summed E-state index contributed by atoms with van der Waals surface area (Å²) in [5.41, 5.74) is 2.17. The second-order valence-corrected chi connectivity index (χ2v) is 8.23. The number of morpholine rings is 1. The van der Waals surface area contributed by atoms with Crippen molar-refractivity contribution in [3.05, 3.63) is 65.7 Å². The lowest BCUT2D eigenvalue weighted by molar-refractivity contribution is -0.162. The van der Waals surface area contributed by atoms with E-state index >= 15 is 0 Å². The highest BCUT2D eigenvalue weighted by Gasteiger charge is 2.37. The van der Waals surface area contributed by atoms with Gasteiger partial charge in [0.1, 0.15) is 12.7 Å². The van der Waals surface area contributed by atoms with Crippen LogP contribution >= 0.6 is 0 Å². The minimum Gasteiger partial charge on any atom is -0.394 e. The summed E-state index contributed by atoms with van der Waals surface area (Å²) in [4.78, 5) is 14.0. The van der Waals surface area contributed by atoms with Crippen molar-refractivity contribution in [2.45, 2.75) is 18.7 Å². The molecular weight excluding hydrogens is 368 g/mol. The average molecular weight is 390 g/mol. The molecule has 0 radical (unpaired) electrons. The number of benzene rings is 2. The van der Waals surface area contributed by atoms with E-state index in [1.165, 1.54) is 0 Å². The standard InChI is InChI=1S/C19H22N2O5S/c1-27(24,25)20-16-9-7-15(8-10-16)19-17(12-22)21(18(23)13-26-19)11-14-5-3-2-4-6-14/h2-10,17,19-20,22H,11-13H2,1H3/t17-,19-/m1/s1. The van der Waals surface area contributed by atoms with Crippen LogP contribution in [0.1, 0.15) is 17.2 Å². The monoisotopic (exact) mass is 390 g/mol. The zero-order valence-electron chi connectivity index (χ0n) is 14.9. The number of nitrogens with zero attached hydrogens (tertiary/aromatic N) is 1. The Labute approximate surface area is 158 Å². The fourth-order valence-electron chi connectivity index (χ4n) is 3.16. The van der Waals surface area contributed by atoms with Crippen LogP contribution in [0.2, 0.25) is 0 Å². The minimum atomic E-state index is -3.36. The van der Waals surface area contributed by atoms with E-state index in [9.17, 15) is 18.3 Å². The molecule has 0 saturated carbocycles. The Morgan fingerprint density at radius 2 is 1.81 bits per heavy atom. The number of amides is 1. The number of aliphatic hydroxyl groups is 1. The highest BCUT2D eigenvalue weighted by Crippen LogP contribution is 2.31. The van der Waals surface area contributed by atoms with Crippen molar-refractivity contribution in [3.8, 4) is 0 Å². The molecule has 0 aromatic heterocycles. The molecule has 1 aliphatic rings. The van der Waals surface area contributed by atoms with E-state index in [0.29, 0.717) is 12.2 Å². The number of hydrogen-bond acceptors (Lipinski definition) is 5. The van der Waals surface area contributed by atoms with Gasteiger partial charge in [-0.15, -0.1) is 0 Å². The third kappa shape index (κ3) is 4.85. The van der Waals surface area contributed by atoms with Crippen molar-refractivity contribution in [2.75, 3.05) is 24.2 Å². The van der Waals surface area contributed by atoms with E-state index in [1.54, 1.807) is 29.2 Å². The van der Waals surface area contributed by atoms with Gasteiger partial charge in [0.15, 0.2) is 0 Å². The van der Waals surface area contributed by atoms with Crippen molar-refractivity contribution < 1.29 is 23.1 Å². The zero-order valence-corrected chi connectivity index (χ0v) is 15.7. The maximum atomic E-state index is 12.4. The van der Waals surface area contributed by atoms with Gasteiger partial charge in [-0.2, -0.15) is 0 Å². The van der Waals surface area contributed by atoms with Crippen molar-refractivity contribution in [1.82, 2.24) is 4.90 Å². The highest BCUT2D eigenvalue weighted by molar-refractivity contribution is 7.92. The second-order valence-electron chi connectivity index (χ2n) is 6.49. The molecule has 2 N–H and O–H groups in total. The van der Waals surface area contributed by atoms with Crippen LogP contribution in [0, 0.1) is 0 Å². The van der Waals surface area contributed by atoms with Crippen LogP contribution in [0.3, 0.4) is 0 Å². The first kappa shape index (κ1) is 19.3. The Kier molecular flexibility index (Phi) is 5.79. The first-order chi connectivity index (χ1) is 12.9. The average Bonchev–Trinajstić information content (AvgIpc) is 2.63. The molecule has 0 aliphatic carbocycles. The largest absolute Gasteiger partial charge is 0.394 e. The van der Waals surface area contributed by atoms with Crippen LogP contribution < -0.4 is 4.72 Å². The highest BCUT2D eigenvalue weighted by atomic mass is 32.2. The minimum absolute atomic E-state index is 0.0721. The number of carbonyl (C=O) groups excluding carboxylic acids is 1. The molecule has 144 valence electrons. The van der Waals surface area contributed by atoms with E-state index in [0.717, 1.165) is 17.4 Å². The van der Waals surface area contributed by atoms with Gasteiger partial charge in [-0.05, 0) is 23.3 Å². The first-order valence-corrected chi connectivity index (χ1v) is 10.4. The summed E-state index contributed by atoms with van der Waals surface area (Å²) in [5, 5.41) is 9.93. The van der Waals surface area contributed by atoms with Gasteiger partial charge in [-0.25, -0.2) is 8.42 Å². The Morgan fingerprint density at radius 3 is 2.41 bits per heavy atom. The van der Waals surface area contributed by atoms with Gasteiger partial charge in [0.2, 0.25) is 15.9 Å². The van der Waals surface area contributed by atoms with Gasteiger partial charge in [-0.3, -0.25) is 9.52 Å². The van der Waals surface area contributed by atoms with Gasteiger partial charge in [0, 0.05) is 12.2 Å². The quantitative estimate of drug-likeness (QED) is 0.780. The van der Waals surface area contributed by atoms with Gasteiger partial charge in [0.25, 0.3) is 0 Å². The molecule has 1 heterocycles. The van der Waals surface area contributed by atoms with Crippen LogP contribution in [0.15, 0.2) is 54.6 Å². The van der Waals surface area contributed by atoms with Crippen LogP contribution in [0.25, 0.3) is 0 Å². The SMILES string of the molecule is CS(=O)(=O)Nc1ccc([C@H]2OCC(=O)N(Cc3ccccc3)[C@@H]2CO)cc1. The van der Waals surface area contributed by atoms with E-state index in [4.69, 9.17) is 4.74 Å². The fourth-order valence-corrected chi connectivity index (χ4v) is 3.72. The molecule has 1 fully saturated rings. The van der Waals surface area contributed by atoms with Crippen LogP contribution in [-0.2, 0) is 26.1 Å². The lowest BCUT2D eigenvalue weighted by Gasteiger charge is -2.40. The molecular formula is C19H22N2O5S. The van der Waals surface area contributed by atoms with Crippen molar-refractivity contribution in [1.29, 1.82) is 0 Å². The normalized spacial score (nSPS) is 20.5. The molecule has 1 aliphatic heterocycles. The lowest BCUT2D eigenvalue weighted by atomic mass is 9.98. The Hall–Kier alpha value is -2.42. The predicted octanol–water partition coefficient (Wildman–Crippen LogP) is 1.52. The molecule has 0 unspecified atom stereocenters.